The highest BCUT2D eigenvalue weighted by molar-refractivity contribution is 7.92. The maximum Gasteiger partial charge on any atom is 0.233 e. The third kappa shape index (κ3) is 5.49. The number of hydrogen-bond acceptors (Lipinski definition) is 8. The Morgan fingerprint density at radius 2 is 2.00 bits per heavy atom. The normalized spacial score (nSPS) is 16.2. The van der Waals surface area contributed by atoms with Crippen molar-refractivity contribution in [3.05, 3.63) is 66.6 Å². The molecule has 2 N–H and O–H groups in total. The first-order chi connectivity index (χ1) is 17.8. The number of aromatic nitrogens is 4. The molecule has 0 amide bonds. The van der Waals surface area contributed by atoms with Crippen molar-refractivity contribution in [2.75, 3.05) is 54.1 Å². The van der Waals surface area contributed by atoms with Crippen molar-refractivity contribution in [1.29, 1.82) is 0 Å². The van der Waals surface area contributed by atoms with E-state index in [4.69, 9.17) is 4.98 Å². The van der Waals surface area contributed by atoms with Gasteiger partial charge >= 0.3 is 0 Å². The van der Waals surface area contributed by atoms with E-state index in [0.29, 0.717) is 30.5 Å². The van der Waals surface area contributed by atoms with E-state index >= 15 is 0 Å². The zero-order valence-corrected chi connectivity index (χ0v) is 21.5. The van der Waals surface area contributed by atoms with Gasteiger partial charge in [-0.2, -0.15) is 4.98 Å². The van der Waals surface area contributed by atoms with Gasteiger partial charge in [-0.15, -0.1) is 0 Å². The van der Waals surface area contributed by atoms with Gasteiger partial charge in [-0.3, -0.25) is 4.31 Å². The number of nitrogens with one attached hydrogen (secondary N) is 2. The lowest BCUT2D eigenvalue weighted by atomic mass is 10.2. The summed E-state index contributed by atoms with van der Waals surface area (Å²) in [5.74, 6) is 0.821. The molecule has 0 spiro atoms. The lowest BCUT2D eigenvalue weighted by Gasteiger charge is -2.34. The smallest absolute Gasteiger partial charge is 0.233 e. The van der Waals surface area contributed by atoms with Gasteiger partial charge in [-0.1, -0.05) is 6.07 Å². The van der Waals surface area contributed by atoms with Gasteiger partial charge in [-0.25, -0.2) is 22.8 Å². The summed E-state index contributed by atoms with van der Waals surface area (Å²) in [5, 5.41) is 7.29. The van der Waals surface area contributed by atoms with Gasteiger partial charge in [0, 0.05) is 67.6 Å². The van der Waals surface area contributed by atoms with Crippen molar-refractivity contribution in [3.63, 3.8) is 0 Å². The monoisotopic (exact) mass is 524 g/mol. The third-order valence-electron chi connectivity index (χ3n) is 6.44. The first kappa shape index (κ1) is 24.9. The number of piperazine rings is 1. The topological polar surface area (TPSA) is 108 Å². The lowest BCUT2D eigenvalue weighted by Crippen LogP contribution is -2.51. The molecule has 4 heterocycles. The highest BCUT2D eigenvalue weighted by Crippen LogP contribution is 2.24. The largest absolute Gasteiger partial charge is 0.369 e. The van der Waals surface area contributed by atoms with E-state index in [1.807, 2.05) is 47.2 Å². The quantitative estimate of drug-likeness (QED) is 0.362. The Bertz CT molecular complexity index is 1490. The minimum atomic E-state index is -3.45. The van der Waals surface area contributed by atoms with E-state index in [-0.39, 0.29) is 12.7 Å². The molecule has 0 saturated carbocycles. The van der Waals surface area contributed by atoms with Gasteiger partial charge in [0.25, 0.3) is 0 Å². The highest BCUT2D eigenvalue weighted by atomic mass is 32.2. The molecule has 1 atom stereocenters. The zero-order valence-electron chi connectivity index (χ0n) is 20.7. The Kier molecular flexibility index (Phi) is 6.94. The van der Waals surface area contributed by atoms with E-state index in [1.54, 1.807) is 18.5 Å². The first-order valence-electron chi connectivity index (χ1n) is 11.9. The van der Waals surface area contributed by atoms with Crippen LogP contribution in [0.2, 0.25) is 0 Å². The van der Waals surface area contributed by atoms with Crippen LogP contribution in [-0.4, -0.2) is 73.6 Å². The van der Waals surface area contributed by atoms with Crippen molar-refractivity contribution in [1.82, 2.24) is 24.8 Å². The van der Waals surface area contributed by atoms with Gasteiger partial charge in [0.15, 0.2) is 0 Å². The van der Waals surface area contributed by atoms with E-state index in [1.165, 1.54) is 11.4 Å². The molecule has 0 bridgehead atoms. The Morgan fingerprint density at radius 1 is 1.19 bits per heavy atom. The summed E-state index contributed by atoms with van der Waals surface area (Å²) in [5.41, 5.74) is 3.34. The van der Waals surface area contributed by atoms with Crippen molar-refractivity contribution in [2.24, 2.45) is 0 Å². The molecule has 1 unspecified atom stereocenters. The van der Waals surface area contributed by atoms with Gasteiger partial charge in [0.05, 0.1) is 18.8 Å². The molecular formula is C25H29FN8O2S. The minimum absolute atomic E-state index is 0.141. The van der Waals surface area contributed by atoms with Crippen LogP contribution in [-0.2, 0) is 16.6 Å². The maximum absolute atomic E-state index is 13.1. The second-order valence-corrected chi connectivity index (χ2v) is 11.1. The van der Waals surface area contributed by atoms with Crippen LogP contribution >= 0.6 is 0 Å². The molecule has 3 aromatic heterocycles. The number of fused-ring (bicyclic) bond motifs is 1. The van der Waals surface area contributed by atoms with Gasteiger partial charge in [-0.05, 0) is 36.4 Å². The van der Waals surface area contributed by atoms with E-state index in [2.05, 4.69) is 25.5 Å². The average molecular weight is 525 g/mol. The Morgan fingerprint density at radius 3 is 2.76 bits per heavy atom. The fourth-order valence-corrected chi connectivity index (χ4v) is 4.86. The molecule has 4 aromatic rings. The molecule has 12 heteroatoms. The van der Waals surface area contributed by atoms with Crippen LogP contribution in [0, 0.1) is 0 Å². The molecule has 0 aliphatic carbocycles. The third-order valence-corrected chi connectivity index (χ3v) is 7.60. The van der Waals surface area contributed by atoms with E-state index < -0.39 is 10.0 Å². The van der Waals surface area contributed by atoms with Gasteiger partial charge in [0.1, 0.15) is 18.1 Å². The van der Waals surface area contributed by atoms with E-state index in [9.17, 15) is 12.8 Å². The summed E-state index contributed by atoms with van der Waals surface area (Å²) in [6.07, 6.45) is 6.37. The molecule has 1 aliphatic heterocycles. The van der Waals surface area contributed by atoms with Crippen LogP contribution in [0.4, 0.5) is 27.5 Å². The first-order valence-corrected chi connectivity index (χ1v) is 13.8. The highest BCUT2D eigenvalue weighted by Gasteiger charge is 2.20. The molecule has 1 aliphatic rings. The summed E-state index contributed by atoms with van der Waals surface area (Å²) < 4.78 is 40.4. The Balaban J connectivity index is 1.35. The number of anilines is 4. The maximum atomic E-state index is 13.1. The fraction of sp³-hybridized carbons (Fsp3) is 0.320. The molecule has 0 radical (unpaired) electrons. The summed E-state index contributed by atoms with van der Waals surface area (Å²) in [4.78, 5) is 15.6. The number of hydrogen-bond donors (Lipinski definition) is 2. The number of pyridine rings is 1. The molecule has 194 valence electrons. The SMILES string of the molecule is CN(c1ncccc1Cn1ccc2cnc(Nc3ccc(N4CCNC(CF)C4)cc3)nc21)S(C)(=O)=O. The number of rotatable bonds is 8. The molecule has 10 nitrogen and oxygen atoms in total. The van der Waals surface area contributed by atoms with Crippen LogP contribution in [0.3, 0.4) is 0 Å². The average Bonchev–Trinajstić information content (AvgIpc) is 3.30. The van der Waals surface area contributed by atoms with Crippen molar-refractivity contribution in [3.8, 4) is 0 Å². The van der Waals surface area contributed by atoms with Gasteiger partial charge in [0.2, 0.25) is 16.0 Å². The fourth-order valence-electron chi connectivity index (χ4n) is 4.38. The predicted octanol–water partition coefficient (Wildman–Crippen LogP) is 2.76. The van der Waals surface area contributed by atoms with Crippen LogP contribution in [0.15, 0.2) is 61.1 Å². The summed E-state index contributed by atoms with van der Waals surface area (Å²) in [7, 11) is -1.96. The standard InChI is InChI=1S/C25H29FN8O2S/c1-32(37(2,35)36)23-19(4-3-10-28-23)16-34-12-9-18-15-29-25(31-24(18)34)30-20-5-7-22(8-6-20)33-13-11-27-21(14-26)17-33/h3-10,12,15,21,27H,11,13-14,16-17H2,1-2H3,(H,29,30,31). The lowest BCUT2D eigenvalue weighted by molar-refractivity contribution is 0.353. The van der Waals surface area contributed by atoms with E-state index in [0.717, 1.165) is 41.7 Å². The minimum Gasteiger partial charge on any atom is -0.369 e. The zero-order chi connectivity index (χ0) is 26.0. The molecular weight excluding hydrogens is 495 g/mol. The van der Waals surface area contributed by atoms with Crippen LogP contribution in [0.5, 0.6) is 0 Å². The summed E-state index contributed by atoms with van der Waals surface area (Å²) in [6.45, 7) is 2.24. The summed E-state index contributed by atoms with van der Waals surface area (Å²) in [6, 6.07) is 13.3. The molecule has 37 heavy (non-hydrogen) atoms. The van der Waals surface area contributed by atoms with Gasteiger partial charge < -0.3 is 20.1 Å². The number of sulfonamides is 1. The van der Waals surface area contributed by atoms with Crippen molar-refractivity contribution < 1.29 is 12.8 Å². The molecule has 1 aromatic carbocycles. The second-order valence-electron chi connectivity index (χ2n) is 9.06. The van der Waals surface area contributed by atoms with Crippen LogP contribution < -0.4 is 19.8 Å². The Labute approximate surface area is 215 Å². The molecule has 5 rings (SSSR count). The second kappa shape index (κ2) is 10.3. The molecule has 1 fully saturated rings. The number of nitrogens with zero attached hydrogens (tertiary/aromatic N) is 6. The predicted molar refractivity (Wildman–Crippen MR) is 144 cm³/mol. The van der Waals surface area contributed by atoms with Crippen molar-refractivity contribution in [2.45, 2.75) is 12.6 Å². The summed E-state index contributed by atoms with van der Waals surface area (Å²) >= 11 is 0. The van der Waals surface area contributed by atoms with Crippen molar-refractivity contribution >= 4 is 44.2 Å². The number of alkyl halides is 1. The Hall–Kier alpha value is -3.77. The molecule has 1 saturated heterocycles. The van der Waals surface area contributed by atoms with Crippen LogP contribution in [0.1, 0.15) is 5.56 Å². The van der Waals surface area contributed by atoms with Crippen LogP contribution in [0.25, 0.3) is 11.0 Å². The number of halogens is 1. The number of benzene rings is 1.